The monoisotopic (exact) mass is 444 g/mol. The zero-order valence-electron chi connectivity index (χ0n) is 13.7. The maximum atomic E-state index is 11.9. The summed E-state index contributed by atoms with van der Waals surface area (Å²) in [5.41, 5.74) is 4.25. The van der Waals surface area contributed by atoms with Crippen molar-refractivity contribution in [1.29, 1.82) is 0 Å². The Bertz CT molecular complexity index is 920. The maximum absolute atomic E-state index is 11.9. The second-order valence-electron chi connectivity index (χ2n) is 5.54. The van der Waals surface area contributed by atoms with E-state index in [1.54, 1.807) is 0 Å². The lowest BCUT2D eigenvalue weighted by atomic mass is 10.0. The average Bonchev–Trinajstić information content (AvgIpc) is 2.65. The SMILES string of the molecule is CC(=NNC(=O)COc1ccc(I)cc1)c1ccc2ccccc2c1. The third-order valence-corrected chi connectivity index (χ3v) is 4.42. The number of fused-ring (bicyclic) bond motifs is 1. The van der Waals surface area contributed by atoms with Gasteiger partial charge in [0.15, 0.2) is 6.61 Å². The molecule has 0 aliphatic rings. The molecule has 0 spiro atoms. The molecule has 4 nitrogen and oxygen atoms in total. The van der Waals surface area contributed by atoms with Gasteiger partial charge in [-0.1, -0.05) is 36.4 Å². The molecule has 0 bridgehead atoms. The Balaban J connectivity index is 1.59. The Morgan fingerprint density at radius 3 is 2.52 bits per heavy atom. The van der Waals surface area contributed by atoms with Crippen molar-refractivity contribution in [2.45, 2.75) is 6.92 Å². The van der Waals surface area contributed by atoms with Crippen LogP contribution >= 0.6 is 22.6 Å². The maximum Gasteiger partial charge on any atom is 0.277 e. The smallest absolute Gasteiger partial charge is 0.277 e. The molecule has 25 heavy (non-hydrogen) atoms. The van der Waals surface area contributed by atoms with E-state index in [0.717, 1.165) is 20.2 Å². The van der Waals surface area contributed by atoms with Crippen molar-refractivity contribution < 1.29 is 9.53 Å². The van der Waals surface area contributed by atoms with E-state index in [9.17, 15) is 4.79 Å². The predicted octanol–water partition coefficient (Wildman–Crippen LogP) is 4.36. The zero-order valence-corrected chi connectivity index (χ0v) is 15.9. The van der Waals surface area contributed by atoms with Gasteiger partial charge in [-0.3, -0.25) is 4.79 Å². The number of nitrogens with one attached hydrogen (secondary N) is 1. The van der Waals surface area contributed by atoms with Gasteiger partial charge in [0.2, 0.25) is 0 Å². The number of nitrogens with zero attached hydrogens (tertiary/aromatic N) is 1. The molecule has 3 aromatic rings. The summed E-state index contributed by atoms with van der Waals surface area (Å²) in [5, 5.41) is 6.48. The van der Waals surface area contributed by atoms with Crippen molar-refractivity contribution in [1.82, 2.24) is 5.43 Å². The van der Waals surface area contributed by atoms with E-state index in [2.05, 4.69) is 51.3 Å². The quantitative estimate of drug-likeness (QED) is 0.361. The van der Waals surface area contributed by atoms with Crippen molar-refractivity contribution in [3.63, 3.8) is 0 Å². The normalized spacial score (nSPS) is 11.4. The Hall–Kier alpha value is -2.41. The molecule has 0 atom stereocenters. The first-order valence-corrected chi connectivity index (χ1v) is 8.90. The van der Waals surface area contributed by atoms with Gasteiger partial charge in [-0.15, -0.1) is 0 Å². The van der Waals surface area contributed by atoms with Crippen LogP contribution in [0, 0.1) is 3.57 Å². The molecule has 1 N–H and O–H groups in total. The molecular weight excluding hydrogens is 427 g/mol. The van der Waals surface area contributed by atoms with Crippen LogP contribution in [0.25, 0.3) is 10.8 Å². The van der Waals surface area contributed by atoms with Crippen LogP contribution in [0.3, 0.4) is 0 Å². The summed E-state index contributed by atoms with van der Waals surface area (Å²) < 4.78 is 6.55. The molecule has 0 saturated carbocycles. The third kappa shape index (κ3) is 4.79. The minimum atomic E-state index is -0.293. The number of halogens is 1. The summed E-state index contributed by atoms with van der Waals surface area (Å²) in [7, 11) is 0. The van der Waals surface area contributed by atoms with Gasteiger partial charge in [-0.05, 0) is 76.2 Å². The van der Waals surface area contributed by atoms with Crippen molar-refractivity contribution in [3.05, 3.63) is 75.9 Å². The first-order valence-electron chi connectivity index (χ1n) is 7.82. The van der Waals surface area contributed by atoms with Crippen molar-refractivity contribution in [2.24, 2.45) is 5.10 Å². The van der Waals surface area contributed by atoms with Crippen LogP contribution in [0.4, 0.5) is 0 Å². The van der Waals surface area contributed by atoms with Crippen molar-refractivity contribution >= 4 is 45.0 Å². The summed E-state index contributed by atoms with van der Waals surface area (Å²) in [6, 6.07) is 21.8. The second kappa shape index (κ2) is 8.11. The summed E-state index contributed by atoms with van der Waals surface area (Å²) >= 11 is 2.22. The van der Waals surface area contributed by atoms with E-state index in [1.807, 2.05) is 55.5 Å². The molecule has 3 rings (SSSR count). The minimum absolute atomic E-state index is 0.0743. The highest BCUT2D eigenvalue weighted by atomic mass is 127. The fourth-order valence-electron chi connectivity index (χ4n) is 2.34. The van der Waals surface area contributed by atoms with Gasteiger partial charge < -0.3 is 4.74 Å². The number of hydrogen-bond acceptors (Lipinski definition) is 3. The van der Waals surface area contributed by atoms with E-state index in [-0.39, 0.29) is 12.5 Å². The molecule has 5 heteroatoms. The minimum Gasteiger partial charge on any atom is -0.484 e. The van der Waals surface area contributed by atoms with E-state index in [0.29, 0.717) is 5.75 Å². The van der Waals surface area contributed by atoms with Crippen LogP contribution in [0.15, 0.2) is 71.8 Å². The summed E-state index contributed by atoms with van der Waals surface area (Å²) in [6.07, 6.45) is 0. The number of hydrogen-bond donors (Lipinski definition) is 1. The fraction of sp³-hybridized carbons (Fsp3) is 0.100. The highest BCUT2D eigenvalue weighted by molar-refractivity contribution is 14.1. The highest BCUT2D eigenvalue weighted by Crippen LogP contribution is 2.16. The standard InChI is InChI=1S/C20H17IN2O2/c1-14(16-7-6-15-4-2-3-5-17(15)12-16)22-23-20(24)13-25-19-10-8-18(21)9-11-19/h2-12H,13H2,1H3,(H,23,24). The number of carbonyl (C=O) groups is 1. The van der Waals surface area contributed by atoms with Crippen molar-refractivity contribution in [2.75, 3.05) is 6.61 Å². The molecule has 1 amide bonds. The molecular formula is C20H17IN2O2. The van der Waals surface area contributed by atoms with Crippen molar-refractivity contribution in [3.8, 4) is 5.75 Å². The van der Waals surface area contributed by atoms with Gasteiger partial charge in [0.25, 0.3) is 5.91 Å². The Labute approximate surface area is 160 Å². The van der Waals surface area contributed by atoms with Crippen LogP contribution in [-0.2, 0) is 4.79 Å². The first-order chi connectivity index (χ1) is 12.1. The molecule has 0 heterocycles. The first kappa shape index (κ1) is 17.4. The van der Waals surface area contributed by atoms with Crippen LogP contribution in [0.1, 0.15) is 12.5 Å². The average molecular weight is 444 g/mol. The van der Waals surface area contributed by atoms with E-state index < -0.39 is 0 Å². The van der Waals surface area contributed by atoms with Crippen LogP contribution < -0.4 is 10.2 Å². The molecule has 0 radical (unpaired) electrons. The van der Waals surface area contributed by atoms with E-state index in [1.165, 1.54) is 5.39 Å². The number of carbonyl (C=O) groups excluding carboxylic acids is 1. The molecule has 0 aromatic heterocycles. The Morgan fingerprint density at radius 1 is 1.04 bits per heavy atom. The Morgan fingerprint density at radius 2 is 1.76 bits per heavy atom. The lowest BCUT2D eigenvalue weighted by Gasteiger charge is -2.06. The molecule has 0 unspecified atom stereocenters. The fourth-order valence-corrected chi connectivity index (χ4v) is 2.70. The third-order valence-electron chi connectivity index (χ3n) is 3.70. The van der Waals surface area contributed by atoms with Crippen LogP contribution in [-0.4, -0.2) is 18.2 Å². The molecule has 0 fully saturated rings. The van der Waals surface area contributed by atoms with Gasteiger partial charge in [-0.25, -0.2) is 5.43 Å². The van der Waals surface area contributed by atoms with Gasteiger partial charge in [-0.2, -0.15) is 5.10 Å². The van der Waals surface area contributed by atoms with Crippen LogP contribution in [0.2, 0.25) is 0 Å². The lowest BCUT2D eigenvalue weighted by molar-refractivity contribution is -0.123. The molecule has 126 valence electrons. The van der Waals surface area contributed by atoms with E-state index in [4.69, 9.17) is 4.74 Å². The number of benzene rings is 3. The highest BCUT2D eigenvalue weighted by Gasteiger charge is 2.04. The van der Waals surface area contributed by atoms with Crippen LogP contribution in [0.5, 0.6) is 5.75 Å². The topological polar surface area (TPSA) is 50.7 Å². The molecule has 0 aliphatic carbocycles. The number of amides is 1. The van der Waals surface area contributed by atoms with Gasteiger partial charge in [0.05, 0.1) is 5.71 Å². The predicted molar refractivity (Wildman–Crippen MR) is 109 cm³/mol. The van der Waals surface area contributed by atoms with Gasteiger partial charge in [0, 0.05) is 3.57 Å². The number of ether oxygens (including phenoxy) is 1. The Kier molecular flexibility index (Phi) is 5.65. The number of rotatable bonds is 5. The second-order valence-corrected chi connectivity index (χ2v) is 6.78. The largest absolute Gasteiger partial charge is 0.484 e. The van der Waals surface area contributed by atoms with E-state index >= 15 is 0 Å². The zero-order chi connectivity index (χ0) is 17.6. The molecule has 3 aromatic carbocycles. The molecule has 0 aliphatic heterocycles. The van der Waals surface area contributed by atoms with Gasteiger partial charge >= 0.3 is 0 Å². The number of hydrazone groups is 1. The lowest BCUT2D eigenvalue weighted by Crippen LogP contribution is -2.25. The summed E-state index contributed by atoms with van der Waals surface area (Å²) in [5.74, 6) is 0.365. The summed E-state index contributed by atoms with van der Waals surface area (Å²) in [4.78, 5) is 11.9. The molecule has 0 saturated heterocycles. The summed E-state index contributed by atoms with van der Waals surface area (Å²) in [6.45, 7) is 1.79. The van der Waals surface area contributed by atoms with Gasteiger partial charge in [0.1, 0.15) is 5.75 Å².